The van der Waals surface area contributed by atoms with Crippen LogP contribution in [0.5, 0.6) is 0 Å². The molecule has 0 saturated heterocycles. The van der Waals surface area contributed by atoms with Crippen LogP contribution in [0.25, 0.3) is 0 Å². The number of fused-ring (bicyclic) bond motifs is 1. The first-order chi connectivity index (χ1) is 6.25. The Labute approximate surface area is 78.8 Å². The van der Waals surface area contributed by atoms with Gasteiger partial charge in [-0.3, -0.25) is 10.1 Å². The molecule has 1 aliphatic heterocycles. The summed E-state index contributed by atoms with van der Waals surface area (Å²) in [7, 11) is 0. The first-order valence-electron chi connectivity index (χ1n) is 3.65. The molecule has 13 heavy (non-hydrogen) atoms. The van der Waals surface area contributed by atoms with E-state index in [1.165, 1.54) is 11.8 Å². The molecule has 1 aromatic rings. The molecule has 1 heterocycles. The molecule has 2 rings (SSSR count). The fraction of sp³-hybridized carbons (Fsp3) is 0. The molecule has 1 N–H and O–H groups in total. The van der Waals surface area contributed by atoms with E-state index in [1.54, 1.807) is 0 Å². The maximum absolute atomic E-state index is 10.2. The quantitative estimate of drug-likeness (QED) is 0.550. The average molecular weight is 194 g/mol. The van der Waals surface area contributed by atoms with Gasteiger partial charge in [0.1, 0.15) is 5.03 Å². The van der Waals surface area contributed by atoms with Gasteiger partial charge < -0.3 is 5.32 Å². The molecule has 0 fully saturated rings. The number of benzene rings is 1. The average Bonchev–Trinajstić information content (AvgIpc) is 2.44. The van der Waals surface area contributed by atoms with Crippen LogP contribution < -0.4 is 5.32 Å². The first kappa shape index (κ1) is 8.12. The van der Waals surface area contributed by atoms with E-state index in [9.17, 15) is 10.1 Å². The van der Waals surface area contributed by atoms with Crippen molar-refractivity contribution in [2.45, 2.75) is 4.90 Å². The van der Waals surface area contributed by atoms with Gasteiger partial charge in [0.05, 0.1) is 10.6 Å². The van der Waals surface area contributed by atoms with Crippen LogP contribution in [0, 0.1) is 10.1 Å². The van der Waals surface area contributed by atoms with Crippen LogP contribution in [0.4, 0.5) is 5.69 Å². The van der Waals surface area contributed by atoms with E-state index >= 15 is 0 Å². The van der Waals surface area contributed by atoms with E-state index in [4.69, 9.17) is 0 Å². The number of rotatable bonds is 1. The van der Waals surface area contributed by atoms with Gasteiger partial charge in [-0.15, -0.1) is 0 Å². The number of para-hydroxylation sites is 1. The maximum Gasteiger partial charge on any atom is 0.264 e. The van der Waals surface area contributed by atoms with E-state index in [-0.39, 0.29) is 0 Å². The van der Waals surface area contributed by atoms with Crippen molar-refractivity contribution in [2.75, 3.05) is 5.32 Å². The minimum Gasteiger partial charge on any atom is -0.344 e. The molecule has 66 valence electrons. The van der Waals surface area contributed by atoms with Crippen molar-refractivity contribution in [3.63, 3.8) is 0 Å². The smallest absolute Gasteiger partial charge is 0.264 e. The lowest BCUT2D eigenvalue weighted by Gasteiger charge is -1.93. The van der Waals surface area contributed by atoms with Crippen LogP contribution in [0.2, 0.25) is 0 Å². The van der Waals surface area contributed by atoms with Gasteiger partial charge in [-0.25, -0.2) is 0 Å². The number of nitrogens with one attached hydrogen (secondary N) is 1. The van der Waals surface area contributed by atoms with Gasteiger partial charge in [-0.1, -0.05) is 23.9 Å². The summed E-state index contributed by atoms with van der Waals surface area (Å²) < 4.78 is 0. The monoisotopic (exact) mass is 194 g/mol. The number of hydrogen-bond donors (Lipinski definition) is 1. The Morgan fingerprint density at radius 3 is 2.92 bits per heavy atom. The Morgan fingerprint density at radius 1 is 1.46 bits per heavy atom. The van der Waals surface area contributed by atoms with Gasteiger partial charge in [0.2, 0.25) is 0 Å². The fourth-order valence-electron chi connectivity index (χ4n) is 1.09. The molecule has 0 spiro atoms. The minimum absolute atomic E-state index is 0.457. The zero-order valence-electron chi connectivity index (χ0n) is 6.56. The first-order valence-corrected chi connectivity index (χ1v) is 4.46. The predicted molar refractivity (Wildman–Crippen MR) is 51.0 cm³/mol. The van der Waals surface area contributed by atoms with Crippen LogP contribution in [-0.4, -0.2) is 4.92 Å². The summed E-state index contributed by atoms with van der Waals surface area (Å²) in [6.07, 6.45) is 0.977. The van der Waals surface area contributed by atoms with Gasteiger partial charge in [0.15, 0.2) is 0 Å². The van der Waals surface area contributed by atoms with E-state index in [1.807, 2.05) is 24.3 Å². The second-order valence-electron chi connectivity index (χ2n) is 2.50. The van der Waals surface area contributed by atoms with Crippen molar-refractivity contribution in [1.82, 2.24) is 0 Å². The lowest BCUT2D eigenvalue weighted by molar-refractivity contribution is -0.402. The lowest BCUT2D eigenvalue weighted by Crippen LogP contribution is -1.92. The van der Waals surface area contributed by atoms with Crippen molar-refractivity contribution in [1.29, 1.82) is 0 Å². The summed E-state index contributed by atoms with van der Waals surface area (Å²) in [5, 5.41) is 13.7. The molecular formula is C8H6N2O2S. The molecule has 5 heteroatoms. The third-order valence-corrected chi connectivity index (χ3v) is 2.59. The highest BCUT2D eigenvalue weighted by Gasteiger charge is 2.16. The van der Waals surface area contributed by atoms with Gasteiger partial charge in [0.25, 0.3) is 6.20 Å². The highest BCUT2D eigenvalue weighted by molar-refractivity contribution is 8.03. The third-order valence-electron chi connectivity index (χ3n) is 1.59. The number of nitro groups is 1. The topological polar surface area (TPSA) is 55.2 Å². The zero-order valence-corrected chi connectivity index (χ0v) is 7.38. The molecule has 0 amide bonds. The molecule has 0 aliphatic carbocycles. The Bertz CT molecular complexity index is 362. The molecule has 0 aromatic heterocycles. The largest absolute Gasteiger partial charge is 0.344 e. The predicted octanol–water partition coefficient (Wildman–Crippen LogP) is 2.28. The van der Waals surface area contributed by atoms with Crippen molar-refractivity contribution in [2.24, 2.45) is 0 Å². The standard InChI is InChI=1S/C8H6N2O2S/c11-10(12)5-8-9-6-3-1-2-4-7(6)13-8/h1-5,9H. The molecular weight excluding hydrogens is 188 g/mol. The summed E-state index contributed by atoms with van der Waals surface area (Å²) >= 11 is 1.37. The van der Waals surface area contributed by atoms with E-state index in [0.717, 1.165) is 16.8 Å². The molecule has 0 unspecified atom stereocenters. The molecule has 0 saturated carbocycles. The van der Waals surface area contributed by atoms with E-state index in [2.05, 4.69) is 5.32 Å². The summed E-state index contributed by atoms with van der Waals surface area (Å²) in [6, 6.07) is 7.61. The van der Waals surface area contributed by atoms with Gasteiger partial charge in [0, 0.05) is 4.90 Å². The Balaban J connectivity index is 2.28. The number of thioether (sulfide) groups is 1. The number of nitrogens with zero attached hydrogens (tertiary/aromatic N) is 1. The summed E-state index contributed by atoms with van der Waals surface area (Å²) in [6.45, 7) is 0. The van der Waals surface area contributed by atoms with Crippen LogP contribution in [-0.2, 0) is 0 Å². The Hall–Kier alpha value is -1.49. The molecule has 4 nitrogen and oxygen atoms in total. The normalized spacial score (nSPS) is 16.8. The fourth-order valence-corrected chi connectivity index (χ4v) is 2.00. The summed E-state index contributed by atoms with van der Waals surface area (Å²) in [5.41, 5.74) is 0.931. The zero-order chi connectivity index (χ0) is 9.26. The van der Waals surface area contributed by atoms with Gasteiger partial charge >= 0.3 is 0 Å². The van der Waals surface area contributed by atoms with Crippen LogP contribution >= 0.6 is 11.8 Å². The summed E-state index contributed by atoms with van der Waals surface area (Å²) in [4.78, 5) is 10.7. The maximum atomic E-state index is 10.2. The van der Waals surface area contributed by atoms with Gasteiger partial charge in [-0.05, 0) is 12.1 Å². The number of anilines is 1. The van der Waals surface area contributed by atoms with Crippen molar-refractivity contribution in [3.8, 4) is 0 Å². The highest BCUT2D eigenvalue weighted by atomic mass is 32.2. The van der Waals surface area contributed by atoms with Crippen LogP contribution in [0.3, 0.4) is 0 Å². The van der Waals surface area contributed by atoms with Crippen LogP contribution in [0.15, 0.2) is 40.4 Å². The lowest BCUT2D eigenvalue weighted by atomic mass is 10.3. The second-order valence-corrected chi connectivity index (χ2v) is 3.59. The van der Waals surface area contributed by atoms with Crippen LogP contribution in [0.1, 0.15) is 0 Å². The van der Waals surface area contributed by atoms with Crippen molar-refractivity contribution >= 4 is 17.4 Å². The molecule has 0 atom stereocenters. The SMILES string of the molecule is O=[N+]([O-])C=C1Nc2ccccc2S1. The Kier molecular flexibility index (Phi) is 1.94. The van der Waals surface area contributed by atoms with Crippen molar-refractivity contribution in [3.05, 3.63) is 45.6 Å². The second kappa shape index (κ2) is 3.10. The molecule has 1 aliphatic rings. The van der Waals surface area contributed by atoms with Gasteiger partial charge in [-0.2, -0.15) is 0 Å². The minimum atomic E-state index is -0.457. The van der Waals surface area contributed by atoms with E-state index < -0.39 is 4.92 Å². The highest BCUT2D eigenvalue weighted by Crippen LogP contribution is 2.40. The molecule has 1 aromatic carbocycles. The van der Waals surface area contributed by atoms with Crippen molar-refractivity contribution < 1.29 is 4.92 Å². The van der Waals surface area contributed by atoms with E-state index in [0.29, 0.717) is 5.03 Å². The molecule has 0 bridgehead atoms. The number of hydrogen-bond acceptors (Lipinski definition) is 4. The molecule has 0 radical (unpaired) electrons. The third kappa shape index (κ3) is 1.65. The Morgan fingerprint density at radius 2 is 2.23 bits per heavy atom. The summed E-state index contributed by atoms with van der Waals surface area (Å²) in [5.74, 6) is 0.